The first-order valence-electron chi connectivity index (χ1n) is 7.41. The topological polar surface area (TPSA) is 55.1 Å². The number of aliphatic carboxylic acids is 1. The van der Waals surface area contributed by atoms with E-state index in [1.165, 1.54) is 12.1 Å². The number of imidazole rings is 1. The van der Waals surface area contributed by atoms with Crippen LogP contribution in [0.2, 0.25) is 0 Å². The van der Waals surface area contributed by atoms with Crippen molar-refractivity contribution in [1.82, 2.24) is 9.55 Å². The zero-order chi connectivity index (χ0) is 16.6. The molecule has 0 aliphatic heterocycles. The molecule has 0 bridgehead atoms. The molecule has 0 fully saturated rings. The second-order valence-electron chi connectivity index (χ2n) is 5.67. The van der Waals surface area contributed by atoms with Crippen LogP contribution in [0.25, 0.3) is 22.4 Å². The third-order valence-electron chi connectivity index (χ3n) is 4.00. The molecule has 1 heterocycles. The Kier molecular flexibility index (Phi) is 3.86. The number of aryl methyl sites for hydroxylation is 3. The highest BCUT2D eigenvalue weighted by molar-refractivity contribution is 5.82. The average Bonchev–Trinajstić information content (AvgIpc) is 2.83. The molecule has 3 aromatic rings. The Balaban J connectivity index is 2.22. The third-order valence-corrected chi connectivity index (χ3v) is 4.00. The Labute approximate surface area is 133 Å². The Bertz CT molecular complexity index is 899. The summed E-state index contributed by atoms with van der Waals surface area (Å²) >= 11 is 0. The maximum atomic E-state index is 13.6. The van der Waals surface area contributed by atoms with Gasteiger partial charge in [0.15, 0.2) is 0 Å². The summed E-state index contributed by atoms with van der Waals surface area (Å²) in [6.45, 7) is 4.30. The van der Waals surface area contributed by atoms with Gasteiger partial charge in [-0.2, -0.15) is 0 Å². The zero-order valence-corrected chi connectivity index (χ0v) is 13.0. The number of hydrogen-bond donors (Lipinski definition) is 1. The minimum atomic E-state index is -0.874. The molecule has 0 aliphatic carbocycles. The highest BCUT2D eigenvalue weighted by Gasteiger charge is 2.15. The first kappa shape index (κ1) is 15.2. The van der Waals surface area contributed by atoms with Gasteiger partial charge in [-0.1, -0.05) is 12.1 Å². The van der Waals surface area contributed by atoms with E-state index in [9.17, 15) is 9.18 Å². The summed E-state index contributed by atoms with van der Waals surface area (Å²) in [5.41, 5.74) is 4.53. The fourth-order valence-electron chi connectivity index (χ4n) is 2.66. The van der Waals surface area contributed by atoms with Gasteiger partial charge in [0.1, 0.15) is 11.6 Å². The summed E-state index contributed by atoms with van der Waals surface area (Å²) in [6, 6.07) is 10.2. The van der Waals surface area contributed by atoms with Crippen LogP contribution >= 0.6 is 0 Å². The number of aromatic nitrogens is 2. The molecular formula is C18H17FN2O2. The third kappa shape index (κ3) is 2.95. The van der Waals surface area contributed by atoms with Gasteiger partial charge in [-0.3, -0.25) is 4.79 Å². The van der Waals surface area contributed by atoms with Crippen molar-refractivity contribution in [2.24, 2.45) is 0 Å². The lowest BCUT2D eigenvalue weighted by Gasteiger charge is -2.09. The normalized spacial score (nSPS) is 11.1. The van der Waals surface area contributed by atoms with Crippen LogP contribution in [0.1, 0.15) is 17.5 Å². The van der Waals surface area contributed by atoms with Crippen molar-refractivity contribution in [3.63, 3.8) is 0 Å². The number of nitrogens with zero attached hydrogens (tertiary/aromatic N) is 2. The van der Waals surface area contributed by atoms with E-state index in [1.54, 1.807) is 12.1 Å². The smallest absolute Gasteiger partial charge is 0.305 e. The quantitative estimate of drug-likeness (QED) is 0.794. The van der Waals surface area contributed by atoms with E-state index in [1.807, 2.05) is 30.5 Å². The summed E-state index contributed by atoms with van der Waals surface area (Å²) in [5, 5.41) is 8.99. The molecule has 5 heteroatoms. The van der Waals surface area contributed by atoms with Crippen LogP contribution in [0.4, 0.5) is 4.39 Å². The fourth-order valence-corrected chi connectivity index (χ4v) is 2.66. The van der Waals surface area contributed by atoms with E-state index in [2.05, 4.69) is 4.98 Å². The Hall–Kier alpha value is -2.69. The molecule has 0 saturated heterocycles. The number of carboxylic acids is 1. The van der Waals surface area contributed by atoms with Crippen LogP contribution < -0.4 is 0 Å². The molecule has 1 N–H and O–H groups in total. The summed E-state index contributed by atoms with van der Waals surface area (Å²) in [7, 11) is 0. The second-order valence-corrected chi connectivity index (χ2v) is 5.67. The molecule has 2 aromatic carbocycles. The molecule has 3 rings (SSSR count). The minimum absolute atomic E-state index is 0.0132. The van der Waals surface area contributed by atoms with Crippen molar-refractivity contribution >= 4 is 17.0 Å². The van der Waals surface area contributed by atoms with Gasteiger partial charge in [0.2, 0.25) is 0 Å². The van der Waals surface area contributed by atoms with Gasteiger partial charge in [0.25, 0.3) is 0 Å². The summed E-state index contributed by atoms with van der Waals surface area (Å²) < 4.78 is 15.4. The van der Waals surface area contributed by atoms with Gasteiger partial charge in [0, 0.05) is 12.1 Å². The molecule has 4 nitrogen and oxygen atoms in total. The molecule has 0 radical (unpaired) electrons. The van der Waals surface area contributed by atoms with Crippen LogP contribution in [0.5, 0.6) is 0 Å². The monoisotopic (exact) mass is 312 g/mol. The van der Waals surface area contributed by atoms with Gasteiger partial charge >= 0.3 is 5.97 Å². The number of fused-ring (bicyclic) bond motifs is 1. The molecule has 0 unspecified atom stereocenters. The number of rotatable bonds is 4. The summed E-state index contributed by atoms with van der Waals surface area (Å²) in [4.78, 5) is 15.6. The van der Waals surface area contributed by atoms with E-state index in [4.69, 9.17) is 5.11 Å². The van der Waals surface area contributed by atoms with Crippen molar-refractivity contribution in [2.75, 3.05) is 0 Å². The van der Waals surface area contributed by atoms with Gasteiger partial charge in [0.05, 0.1) is 17.5 Å². The lowest BCUT2D eigenvalue weighted by Crippen LogP contribution is -2.06. The lowest BCUT2D eigenvalue weighted by atomic mass is 10.1. The molecule has 0 spiro atoms. The summed E-state index contributed by atoms with van der Waals surface area (Å²) in [6.07, 6.45) is -0.0132. The van der Waals surface area contributed by atoms with Crippen LogP contribution in [0.15, 0.2) is 36.4 Å². The number of carboxylic acid groups (broad SMARTS) is 1. The molecule has 0 aliphatic rings. The maximum Gasteiger partial charge on any atom is 0.305 e. The van der Waals surface area contributed by atoms with E-state index in [0.29, 0.717) is 17.9 Å². The van der Waals surface area contributed by atoms with Crippen molar-refractivity contribution < 1.29 is 14.3 Å². The lowest BCUT2D eigenvalue weighted by molar-refractivity contribution is -0.137. The zero-order valence-electron chi connectivity index (χ0n) is 13.0. The van der Waals surface area contributed by atoms with Gasteiger partial charge in [-0.25, -0.2) is 9.37 Å². The van der Waals surface area contributed by atoms with Crippen LogP contribution in [0, 0.1) is 19.7 Å². The van der Waals surface area contributed by atoms with Crippen molar-refractivity contribution in [2.45, 2.75) is 26.8 Å². The predicted octanol–water partition coefficient (Wildman–Crippen LogP) is 3.93. The van der Waals surface area contributed by atoms with Crippen LogP contribution in [-0.2, 0) is 11.3 Å². The van der Waals surface area contributed by atoms with E-state index >= 15 is 0 Å². The van der Waals surface area contributed by atoms with Crippen molar-refractivity contribution in [3.05, 3.63) is 53.3 Å². The predicted molar refractivity (Wildman–Crippen MR) is 86.9 cm³/mol. The molecule has 0 saturated carbocycles. The maximum absolute atomic E-state index is 13.6. The highest BCUT2D eigenvalue weighted by atomic mass is 19.1. The van der Waals surface area contributed by atoms with E-state index in [0.717, 1.165) is 22.2 Å². The number of hydrogen-bond acceptors (Lipinski definition) is 2. The molecule has 0 amide bonds. The SMILES string of the molecule is Cc1cc2nc(-c3cccc(F)c3)n(CCC(=O)O)c2cc1C. The number of benzene rings is 2. The Morgan fingerprint density at radius 1 is 1.22 bits per heavy atom. The molecule has 1 aromatic heterocycles. The van der Waals surface area contributed by atoms with Crippen LogP contribution in [0.3, 0.4) is 0 Å². The Morgan fingerprint density at radius 3 is 2.65 bits per heavy atom. The van der Waals surface area contributed by atoms with Gasteiger partial charge in [-0.15, -0.1) is 0 Å². The number of halogens is 1. The first-order chi connectivity index (χ1) is 11.0. The average molecular weight is 312 g/mol. The minimum Gasteiger partial charge on any atom is -0.481 e. The molecule has 0 atom stereocenters. The molecule has 118 valence electrons. The van der Waals surface area contributed by atoms with E-state index in [-0.39, 0.29) is 12.2 Å². The van der Waals surface area contributed by atoms with Gasteiger partial charge < -0.3 is 9.67 Å². The number of carbonyl (C=O) groups is 1. The second kappa shape index (κ2) is 5.83. The van der Waals surface area contributed by atoms with Crippen molar-refractivity contribution in [1.29, 1.82) is 0 Å². The Morgan fingerprint density at radius 2 is 1.96 bits per heavy atom. The molecule has 23 heavy (non-hydrogen) atoms. The first-order valence-corrected chi connectivity index (χ1v) is 7.41. The van der Waals surface area contributed by atoms with E-state index < -0.39 is 5.97 Å². The highest BCUT2D eigenvalue weighted by Crippen LogP contribution is 2.27. The molecular weight excluding hydrogens is 295 g/mol. The van der Waals surface area contributed by atoms with Crippen LogP contribution in [-0.4, -0.2) is 20.6 Å². The largest absolute Gasteiger partial charge is 0.481 e. The standard InChI is InChI=1S/C18H17FN2O2/c1-11-8-15-16(9-12(11)2)21(7-6-17(22)23)18(20-15)13-4-3-5-14(19)10-13/h3-5,8-10H,6-7H2,1-2H3,(H,22,23). The summed E-state index contributed by atoms with van der Waals surface area (Å²) in [5.74, 6) is -0.627. The fraction of sp³-hybridized carbons (Fsp3) is 0.222. The van der Waals surface area contributed by atoms with Gasteiger partial charge in [-0.05, 0) is 49.2 Å². The van der Waals surface area contributed by atoms with Crippen molar-refractivity contribution in [3.8, 4) is 11.4 Å².